The van der Waals surface area contributed by atoms with Crippen LogP contribution in [0.1, 0.15) is 5.56 Å². The van der Waals surface area contributed by atoms with Crippen LogP contribution >= 0.6 is 23.1 Å². The molecule has 0 fully saturated rings. The minimum absolute atomic E-state index is 0.0682. The Kier molecular flexibility index (Phi) is 5.69. The van der Waals surface area contributed by atoms with Crippen LogP contribution in [-0.4, -0.2) is 31.9 Å². The van der Waals surface area contributed by atoms with Gasteiger partial charge in [-0.1, -0.05) is 29.8 Å². The van der Waals surface area contributed by atoms with E-state index in [0.29, 0.717) is 24.3 Å². The molecular formula is C23H18ClN3O4S2. The summed E-state index contributed by atoms with van der Waals surface area (Å²) in [5.74, 6) is -0.135. The van der Waals surface area contributed by atoms with Crippen LogP contribution in [0.3, 0.4) is 0 Å². The Morgan fingerprint density at radius 2 is 2.00 bits per heavy atom. The molecule has 0 bridgehead atoms. The molecule has 0 radical (unpaired) electrons. The number of ether oxygens (including phenoxy) is 1. The standard InChI is InChI=1S/C23H18ClN3O4S2/c24-19-12-18(33(29,30)27-10-9-15-3-1-2-4-20(15)27)6-7-21(19)31-14-23(28)26-17-5-8-22-16(11-17)13-25-32-22/h1-8,11-13H,9-10,14H2,(H,26,28). The molecule has 33 heavy (non-hydrogen) atoms. The fourth-order valence-electron chi connectivity index (χ4n) is 3.73. The highest BCUT2D eigenvalue weighted by atomic mass is 35.5. The van der Waals surface area contributed by atoms with E-state index < -0.39 is 10.0 Å². The van der Waals surface area contributed by atoms with Gasteiger partial charge in [-0.3, -0.25) is 9.10 Å². The molecule has 1 aromatic heterocycles. The number of hydrogen-bond acceptors (Lipinski definition) is 6. The predicted molar refractivity (Wildman–Crippen MR) is 130 cm³/mol. The van der Waals surface area contributed by atoms with Crippen molar-refractivity contribution in [2.45, 2.75) is 11.3 Å². The predicted octanol–water partition coefficient (Wildman–Crippen LogP) is 4.72. The number of benzene rings is 3. The zero-order valence-electron chi connectivity index (χ0n) is 17.2. The first kappa shape index (κ1) is 21.7. The van der Waals surface area contributed by atoms with Crippen molar-refractivity contribution >= 4 is 60.5 Å². The summed E-state index contributed by atoms with van der Waals surface area (Å²) < 4.78 is 38.4. The number of carbonyl (C=O) groups is 1. The molecule has 4 aromatic rings. The smallest absolute Gasteiger partial charge is 0.264 e. The van der Waals surface area contributed by atoms with E-state index in [0.717, 1.165) is 15.6 Å². The summed E-state index contributed by atoms with van der Waals surface area (Å²) in [6.07, 6.45) is 2.40. The van der Waals surface area contributed by atoms with E-state index in [2.05, 4.69) is 9.69 Å². The molecule has 0 spiro atoms. The average molecular weight is 500 g/mol. The Morgan fingerprint density at radius 1 is 1.15 bits per heavy atom. The van der Waals surface area contributed by atoms with Gasteiger partial charge >= 0.3 is 0 Å². The van der Waals surface area contributed by atoms with Crippen molar-refractivity contribution in [2.75, 3.05) is 22.8 Å². The molecule has 10 heteroatoms. The van der Waals surface area contributed by atoms with E-state index in [1.54, 1.807) is 18.3 Å². The van der Waals surface area contributed by atoms with Crippen LogP contribution in [0.25, 0.3) is 10.1 Å². The molecule has 0 atom stereocenters. The van der Waals surface area contributed by atoms with Crippen molar-refractivity contribution in [3.05, 3.63) is 77.4 Å². The van der Waals surface area contributed by atoms with Gasteiger partial charge in [-0.25, -0.2) is 8.42 Å². The quantitative estimate of drug-likeness (QED) is 0.414. The molecule has 0 saturated heterocycles. The van der Waals surface area contributed by atoms with Gasteiger partial charge in [0.25, 0.3) is 15.9 Å². The first-order valence-corrected chi connectivity index (χ1v) is 12.7. The minimum atomic E-state index is -3.77. The van der Waals surface area contributed by atoms with Crippen LogP contribution in [0, 0.1) is 0 Å². The summed E-state index contributed by atoms with van der Waals surface area (Å²) in [6, 6.07) is 17.2. The van der Waals surface area contributed by atoms with Gasteiger partial charge in [0.15, 0.2) is 6.61 Å². The Labute approximate surface area is 199 Å². The summed E-state index contributed by atoms with van der Waals surface area (Å²) in [4.78, 5) is 12.4. The molecule has 1 aliphatic rings. The van der Waals surface area contributed by atoms with Crippen LogP contribution in [0.5, 0.6) is 5.75 Å². The van der Waals surface area contributed by atoms with Gasteiger partial charge in [0.05, 0.1) is 20.3 Å². The molecule has 2 heterocycles. The number of nitrogens with zero attached hydrogens (tertiary/aromatic N) is 2. The molecular weight excluding hydrogens is 482 g/mol. The summed E-state index contributed by atoms with van der Waals surface area (Å²) in [7, 11) is -3.77. The van der Waals surface area contributed by atoms with Gasteiger partial charge in [0, 0.05) is 23.8 Å². The van der Waals surface area contributed by atoms with Crippen LogP contribution in [-0.2, 0) is 21.2 Å². The summed E-state index contributed by atoms with van der Waals surface area (Å²) in [5, 5.41) is 3.82. The van der Waals surface area contributed by atoms with E-state index in [1.165, 1.54) is 34.0 Å². The lowest BCUT2D eigenvalue weighted by atomic mass is 10.2. The minimum Gasteiger partial charge on any atom is -0.482 e. The molecule has 168 valence electrons. The Bertz CT molecular complexity index is 1470. The lowest BCUT2D eigenvalue weighted by Crippen LogP contribution is -2.29. The third-order valence-electron chi connectivity index (χ3n) is 5.33. The van der Waals surface area contributed by atoms with E-state index in [1.807, 2.05) is 30.3 Å². The number of halogens is 1. The first-order valence-electron chi connectivity index (χ1n) is 10.1. The number of anilines is 2. The van der Waals surface area contributed by atoms with Gasteiger partial charge in [-0.05, 0) is 66.0 Å². The second kappa shape index (κ2) is 8.66. The number of carbonyl (C=O) groups excluding carboxylic acids is 1. The van der Waals surface area contributed by atoms with Gasteiger partial charge in [0.1, 0.15) is 5.75 Å². The maximum atomic E-state index is 13.2. The van der Waals surface area contributed by atoms with E-state index in [4.69, 9.17) is 16.3 Å². The Balaban J connectivity index is 1.26. The van der Waals surface area contributed by atoms with Crippen molar-refractivity contribution in [2.24, 2.45) is 0 Å². The average Bonchev–Trinajstić information content (AvgIpc) is 3.45. The highest BCUT2D eigenvalue weighted by molar-refractivity contribution is 7.92. The monoisotopic (exact) mass is 499 g/mol. The lowest BCUT2D eigenvalue weighted by molar-refractivity contribution is -0.118. The van der Waals surface area contributed by atoms with Crippen LogP contribution in [0.15, 0.2) is 71.8 Å². The van der Waals surface area contributed by atoms with Crippen molar-refractivity contribution in [1.82, 2.24) is 4.37 Å². The molecule has 7 nitrogen and oxygen atoms in total. The second-order valence-corrected chi connectivity index (χ2v) is 10.6. The highest BCUT2D eigenvalue weighted by Crippen LogP contribution is 2.35. The van der Waals surface area contributed by atoms with Gasteiger partial charge in [-0.15, -0.1) is 0 Å². The molecule has 1 N–H and O–H groups in total. The maximum absolute atomic E-state index is 13.2. The maximum Gasteiger partial charge on any atom is 0.264 e. The number of amides is 1. The second-order valence-electron chi connectivity index (χ2n) is 7.46. The fraction of sp³-hybridized carbons (Fsp3) is 0.130. The SMILES string of the molecule is O=C(COc1ccc(S(=O)(=O)N2CCc3ccccc32)cc1Cl)Nc1ccc2sncc2c1. The lowest BCUT2D eigenvalue weighted by Gasteiger charge is -2.20. The third-order valence-corrected chi connectivity index (χ3v) is 8.21. The molecule has 1 aliphatic heterocycles. The fourth-order valence-corrected chi connectivity index (χ4v) is 6.19. The zero-order valence-corrected chi connectivity index (χ0v) is 19.6. The van der Waals surface area contributed by atoms with Crippen LogP contribution < -0.4 is 14.4 Å². The van der Waals surface area contributed by atoms with Gasteiger partial charge < -0.3 is 10.1 Å². The number of aromatic nitrogens is 1. The van der Waals surface area contributed by atoms with E-state index in [-0.39, 0.29) is 28.2 Å². The van der Waals surface area contributed by atoms with Crippen molar-refractivity contribution in [3.63, 3.8) is 0 Å². The number of fused-ring (bicyclic) bond motifs is 2. The number of hydrogen-bond donors (Lipinski definition) is 1. The van der Waals surface area contributed by atoms with Gasteiger partial charge in [-0.2, -0.15) is 4.37 Å². The summed E-state index contributed by atoms with van der Waals surface area (Å²) in [6.45, 7) is 0.107. The Hall–Kier alpha value is -3.14. The molecule has 5 rings (SSSR count). The topological polar surface area (TPSA) is 88.6 Å². The first-order chi connectivity index (χ1) is 15.9. The zero-order chi connectivity index (χ0) is 23.0. The van der Waals surface area contributed by atoms with Crippen molar-refractivity contribution < 1.29 is 17.9 Å². The third kappa shape index (κ3) is 4.27. The molecule has 1 amide bonds. The van der Waals surface area contributed by atoms with Crippen molar-refractivity contribution in [3.8, 4) is 5.75 Å². The Morgan fingerprint density at radius 3 is 2.85 bits per heavy atom. The normalized spacial score (nSPS) is 13.2. The number of para-hydroxylation sites is 1. The molecule has 0 aliphatic carbocycles. The largest absolute Gasteiger partial charge is 0.482 e. The van der Waals surface area contributed by atoms with E-state index in [9.17, 15) is 13.2 Å². The summed E-state index contributed by atoms with van der Waals surface area (Å²) >= 11 is 7.68. The number of sulfonamides is 1. The van der Waals surface area contributed by atoms with Crippen molar-refractivity contribution in [1.29, 1.82) is 0 Å². The highest BCUT2D eigenvalue weighted by Gasteiger charge is 2.31. The van der Waals surface area contributed by atoms with E-state index >= 15 is 0 Å². The molecule has 0 unspecified atom stereocenters. The van der Waals surface area contributed by atoms with Crippen LogP contribution in [0.2, 0.25) is 5.02 Å². The summed E-state index contributed by atoms with van der Waals surface area (Å²) in [5.41, 5.74) is 2.31. The number of rotatable bonds is 6. The number of nitrogens with one attached hydrogen (secondary N) is 1. The van der Waals surface area contributed by atoms with Crippen LogP contribution in [0.4, 0.5) is 11.4 Å². The molecule has 0 saturated carbocycles. The van der Waals surface area contributed by atoms with Gasteiger partial charge in [0.2, 0.25) is 0 Å². The molecule has 3 aromatic carbocycles.